The van der Waals surface area contributed by atoms with Crippen LogP contribution in [-0.2, 0) is 6.42 Å². The highest BCUT2D eigenvalue weighted by molar-refractivity contribution is 5.45. The van der Waals surface area contributed by atoms with Crippen molar-refractivity contribution in [3.05, 3.63) is 36.4 Å². The fraction of sp³-hybridized carbons (Fsp3) is 0.300. The van der Waals surface area contributed by atoms with E-state index in [9.17, 15) is 0 Å². The van der Waals surface area contributed by atoms with Gasteiger partial charge < -0.3 is 10.1 Å². The standard InChI is InChI=1S/C10H13N3/c1-8(11)4-9-2-3-10-5-12-7-13(10)6-9/h2-3,5-8H,4,11H2,1H3. The van der Waals surface area contributed by atoms with Crippen molar-refractivity contribution in [2.24, 2.45) is 5.73 Å². The summed E-state index contributed by atoms with van der Waals surface area (Å²) in [4.78, 5) is 4.05. The number of nitrogens with zero attached hydrogens (tertiary/aromatic N) is 2. The maximum absolute atomic E-state index is 5.72. The first-order valence-corrected chi connectivity index (χ1v) is 4.42. The van der Waals surface area contributed by atoms with Crippen LogP contribution in [0.1, 0.15) is 12.5 Å². The minimum absolute atomic E-state index is 0.209. The second kappa shape index (κ2) is 3.18. The van der Waals surface area contributed by atoms with Gasteiger partial charge in [-0.2, -0.15) is 0 Å². The first kappa shape index (κ1) is 8.26. The van der Waals surface area contributed by atoms with Gasteiger partial charge in [0.1, 0.15) is 0 Å². The number of rotatable bonds is 2. The topological polar surface area (TPSA) is 43.3 Å². The Bertz CT molecular complexity index is 403. The zero-order valence-electron chi connectivity index (χ0n) is 7.64. The Labute approximate surface area is 77.2 Å². The largest absolute Gasteiger partial charge is 0.328 e. The second-order valence-corrected chi connectivity index (χ2v) is 3.44. The van der Waals surface area contributed by atoms with Crippen molar-refractivity contribution < 1.29 is 0 Å². The molecular weight excluding hydrogens is 162 g/mol. The van der Waals surface area contributed by atoms with E-state index >= 15 is 0 Å². The van der Waals surface area contributed by atoms with Crippen LogP contribution in [0.15, 0.2) is 30.9 Å². The fourth-order valence-corrected chi connectivity index (χ4v) is 1.46. The first-order valence-electron chi connectivity index (χ1n) is 4.42. The van der Waals surface area contributed by atoms with Crippen LogP contribution in [0.5, 0.6) is 0 Å². The molecule has 2 rings (SSSR count). The number of hydrogen-bond acceptors (Lipinski definition) is 2. The molecule has 2 aromatic rings. The Hall–Kier alpha value is -1.35. The van der Waals surface area contributed by atoms with Crippen LogP contribution in [-0.4, -0.2) is 15.4 Å². The summed E-state index contributed by atoms with van der Waals surface area (Å²) in [6.45, 7) is 2.01. The molecule has 13 heavy (non-hydrogen) atoms. The van der Waals surface area contributed by atoms with E-state index in [2.05, 4.69) is 23.3 Å². The van der Waals surface area contributed by atoms with Crippen molar-refractivity contribution in [3.63, 3.8) is 0 Å². The zero-order chi connectivity index (χ0) is 9.26. The van der Waals surface area contributed by atoms with Crippen LogP contribution in [0.3, 0.4) is 0 Å². The quantitative estimate of drug-likeness (QED) is 0.745. The summed E-state index contributed by atoms with van der Waals surface area (Å²) in [5.74, 6) is 0. The van der Waals surface area contributed by atoms with E-state index in [1.807, 2.05) is 17.5 Å². The molecule has 68 valence electrons. The van der Waals surface area contributed by atoms with Gasteiger partial charge in [0.15, 0.2) is 0 Å². The van der Waals surface area contributed by atoms with E-state index in [1.165, 1.54) is 5.56 Å². The van der Waals surface area contributed by atoms with Gasteiger partial charge in [0, 0.05) is 12.2 Å². The summed E-state index contributed by atoms with van der Waals surface area (Å²) < 4.78 is 2.01. The molecule has 2 heterocycles. The van der Waals surface area contributed by atoms with Gasteiger partial charge >= 0.3 is 0 Å². The van der Waals surface area contributed by atoms with Crippen molar-refractivity contribution in [1.82, 2.24) is 9.38 Å². The van der Waals surface area contributed by atoms with Crippen molar-refractivity contribution in [1.29, 1.82) is 0 Å². The lowest BCUT2D eigenvalue weighted by molar-refractivity contribution is 0.734. The highest BCUT2D eigenvalue weighted by Crippen LogP contribution is 2.07. The Morgan fingerprint density at radius 2 is 2.38 bits per heavy atom. The van der Waals surface area contributed by atoms with Gasteiger partial charge in [-0.3, -0.25) is 0 Å². The molecule has 0 radical (unpaired) electrons. The van der Waals surface area contributed by atoms with Crippen LogP contribution in [0.2, 0.25) is 0 Å². The molecule has 0 amide bonds. The summed E-state index contributed by atoms with van der Waals surface area (Å²) in [5.41, 5.74) is 8.09. The molecule has 0 aliphatic rings. The van der Waals surface area contributed by atoms with Gasteiger partial charge in [-0.1, -0.05) is 6.07 Å². The van der Waals surface area contributed by atoms with E-state index in [4.69, 9.17) is 5.73 Å². The predicted molar refractivity (Wildman–Crippen MR) is 52.5 cm³/mol. The van der Waals surface area contributed by atoms with Crippen LogP contribution in [0.4, 0.5) is 0 Å². The van der Waals surface area contributed by atoms with Crippen LogP contribution in [0, 0.1) is 0 Å². The Morgan fingerprint density at radius 3 is 3.15 bits per heavy atom. The SMILES string of the molecule is CC(N)Cc1ccc2cncn2c1. The highest BCUT2D eigenvalue weighted by Gasteiger charge is 1.99. The number of hydrogen-bond donors (Lipinski definition) is 1. The molecule has 1 unspecified atom stereocenters. The van der Waals surface area contributed by atoms with Crippen molar-refractivity contribution in [3.8, 4) is 0 Å². The van der Waals surface area contributed by atoms with Crippen LogP contribution < -0.4 is 5.73 Å². The molecule has 0 saturated carbocycles. The maximum atomic E-state index is 5.72. The Balaban J connectivity index is 2.37. The Morgan fingerprint density at radius 1 is 1.54 bits per heavy atom. The van der Waals surface area contributed by atoms with Gasteiger partial charge in [0.05, 0.1) is 18.0 Å². The van der Waals surface area contributed by atoms with Crippen molar-refractivity contribution in [2.75, 3.05) is 0 Å². The molecule has 2 aromatic heterocycles. The lowest BCUT2D eigenvalue weighted by atomic mass is 10.1. The van der Waals surface area contributed by atoms with E-state index in [-0.39, 0.29) is 6.04 Å². The lowest BCUT2D eigenvalue weighted by Crippen LogP contribution is -2.17. The summed E-state index contributed by atoms with van der Waals surface area (Å²) in [6, 6.07) is 4.37. The minimum Gasteiger partial charge on any atom is -0.328 e. The molecule has 0 saturated heterocycles. The predicted octanol–water partition coefficient (Wildman–Crippen LogP) is 1.22. The van der Waals surface area contributed by atoms with E-state index in [1.54, 1.807) is 6.33 Å². The fourth-order valence-electron chi connectivity index (χ4n) is 1.46. The molecule has 0 spiro atoms. The summed E-state index contributed by atoms with van der Waals surface area (Å²) >= 11 is 0. The lowest BCUT2D eigenvalue weighted by Gasteiger charge is -2.05. The van der Waals surface area contributed by atoms with Gasteiger partial charge in [0.2, 0.25) is 0 Å². The molecule has 0 aliphatic carbocycles. The number of nitrogens with two attached hydrogens (primary N) is 1. The second-order valence-electron chi connectivity index (χ2n) is 3.44. The Kier molecular flexibility index (Phi) is 2.02. The molecular formula is C10H13N3. The van der Waals surface area contributed by atoms with Gasteiger partial charge in [-0.15, -0.1) is 0 Å². The zero-order valence-corrected chi connectivity index (χ0v) is 7.64. The summed E-state index contributed by atoms with van der Waals surface area (Å²) in [6.07, 6.45) is 6.63. The van der Waals surface area contributed by atoms with Crippen molar-refractivity contribution >= 4 is 5.52 Å². The van der Waals surface area contributed by atoms with Gasteiger partial charge in [-0.05, 0) is 25.0 Å². The molecule has 0 fully saturated rings. The average molecular weight is 175 g/mol. The third-order valence-electron chi connectivity index (χ3n) is 2.03. The molecule has 2 N–H and O–H groups in total. The smallest absolute Gasteiger partial charge is 0.0992 e. The molecule has 3 heteroatoms. The highest BCUT2D eigenvalue weighted by atomic mass is 15.0. The van der Waals surface area contributed by atoms with Crippen LogP contribution >= 0.6 is 0 Å². The molecule has 1 atom stereocenters. The summed E-state index contributed by atoms with van der Waals surface area (Å²) in [5, 5.41) is 0. The van der Waals surface area contributed by atoms with Crippen LogP contribution in [0.25, 0.3) is 5.52 Å². The third-order valence-corrected chi connectivity index (χ3v) is 2.03. The first-order chi connectivity index (χ1) is 6.25. The number of fused-ring (bicyclic) bond motifs is 1. The number of imidazole rings is 1. The van der Waals surface area contributed by atoms with Gasteiger partial charge in [0.25, 0.3) is 0 Å². The molecule has 0 bridgehead atoms. The number of aromatic nitrogens is 2. The maximum Gasteiger partial charge on any atom is 0.0992 e. The molecule has 0 aromatic carbocycles. The third kappa shape index (κ3) is 1.70. The molecule has 0 aliphatic heterocycles. The molecule has 3 nitrogen and oxygen atoms in total. The summed E-state index contributed by atoms with van der Waals surface area (Å²) in [7, 11) is 0. The monoisotopic (exact) mass is 175 g/mol. The average Bonchev–Trinajstić information content (AvgIpc) is 2.49. The normalized spacial score (nSPS) is 13.4. The van der Waals surface area contributed by atoms with E-state index < -0.39 is 0 Å². The van der Waals surface area contributed by atoms with E-state index in [0.29, 0.717) is 0 Å². The number of pyridine rings is 1. The van der Waals surface area contributed by atoms with Gasteiger partial charge in [-0.25, -0.2) is 4.98 Å². The van der Waals surface area contributed by atoms with E-state index in [0.717, 1.165) is 11.9 Å². The minimum atomic E-state index is 0.209. The van der Waals surface area contributed by atoms with Crippen molar-refractivity contribution in [2.45, 2.75) is 19.4 Å².